The monoisotopic (exact) mass is 359 g/mol. The molecule has 0 saturated carbocycles. The Morgan fingerprint density at radius 3 is 2.62 bits per heavy atom. The number of anilines is 1. The second kappa shape index (κ2) is 9.07. The van der Waals surface area contributed by atoms with Crippen LogP contribution in [0.3, 0.4) is 0 Å². The molecule has 2 rings (SSSR count). The molecule has 0 unspecified atom stereocenters. The summed E-state index contributed by atoms with van der Waals surface area (Å²) in [6.45, 7) is 3.09. The van der Waals surface area contributed by atoms with Crippen molar-refractivity contribution < 1.29 is 9.53 Å². The van der Waals surface area contributed by atoms with Gasteiger partial charge in [0.2, 0.25) is 5.96 Å². The highest BCUT2D eigenvalue weighted by atomic mass is 16.5. The third-order valence-corrected chi connectivity index (χ3v) is 4.01. The lowest BCUT2D eigenvalue weighted by Crippen LogP contribution is -2.45. The van der Waals surface area contributed by atoms with Crippen LogP contribution >= 0.6 is 0 Å². The third kappa shape index (κ3) is 5.36. The van der Waals surface area contributed by atoms with Gasteiger partial charge in [-0.25, -0.2) is 4.99 Å². The van der Waals surface area contributed by atoms with E-state index in [0.29, 0.717) is 25.3 Å². The van der Waals surface area contributed by atoms with Gasteiger partial charge in [0.15, 0.2) is 11.5 Å². The standard InChI is InChI=1S/C17H25N7O2/c1-10-3-5-11(6-4-10)22-16(14(18)15(19)25)24-17(20)23-12-7-8-26-9-13(12)21-2/h3-6,12-13,18,21H,7-9H2,1-2H3,(H2,19,25)(H3,20,22,23,24)/t12-,13+/m1/s1. The zero-order chi connectivity index (χ0) is 19.1. The molecule has 0 radical (unpaired) electrons. The molecule has 9 heteroatoms. The molecule has 0 aromatic heterocycles. The molecule has 1 amide bonds. The number of nitrogens with one attached hydrogen (secondary N) is 3. The molecule has 1 aromatic rings. The first-order chi connectivity index (χ1) is 12.4. The van der Waals surface area contributed by atoms with Gasteiger partial charge in [0, 0.05) is 12.3 Å². The van der Waals surface area contributed by atoms with E-state index in [9.17, 15) is 4.79 Å². The van der Waals surface area contributed by atoms with Crippen LogP contribution in [-0.4, -0.2) is 55.8 Å². The average Bonchev–Trinajstić information content (AvgIpc) is 2.62. The Kier molecular flexibility index (Phi) is 6.81. The van der Waals surface area contributed by atoms with Crippen molar-refractivity contribution in [3.8, 4) is 0 Å². The lowest BCUT2D eigenvalue weighted by atomic mass is 10.0. The molecule has 26 heavy (non-hydrogen) atoms. The minimum atomic E-state index is -0.907. The number of primary amides is 1. The molecule has 7 N–H and O–H groups in total. The van der Waals surface area contributed by atoms with E-state index in [1.165, 1.54) is 0 Å². The first-order valence-corrected chi connectivity index (χ1v) is 8.30. The van der Waals surface area contributed by atoms with Gasteiger partial charge in [-0.05, 0) is 32.5 Å². The number of likely N-dealkylation sites (N-methyl/N-ethyl adjacent to an activating group) is 1. The van der Waals surface area contributed by atoms with E-state index in [0.717, 1.165) is 5.56 Å². The largest absolute Gasteiger partial charge is 0.380 e. The first kappa shape index (κ1) is 19.5. The van der Waals surface area contributed by atoms with E-state index in [1.807, 2.05) is 38.2 Å². The Labute approximate surface area is 152 Å². The third-order valence-electron chi connectivity index (χ3n) is 4.01. The van der Waals surface area contributed by atoms with Crippen LogP contribution in [0.5, 0.6) is 0 Å². The summed E-state index contributed by atoms with van der Waals surface area (Å²) in [5.41, 5.74) is 12.4. The first-order valence-electron chi connectivity index (χ1n) is 8.30. The van der Waals surface area contributed by atoms with Crippen molar-refractivity contribution in [3.63, 3.8) is 0 Å². The van der Waals surface area contributed by atoms with Crippen molar-refractivity contribution >= 4 is 29.1 Å². The van der Waals surface area contributed by atoms with Crippen LogP contribution in [0, 0.1) is 12.3 Å². The van der Waals surface area contributed by atoms with Gasteiger partial charge < -0.3 is 26.8 Å². The van der Waals surface area contributed by atoms with E-state index in [1.54, 1.807) is 0 Å². The molecular weight excluding hydrogens is 334 g/mol. The van der Waals surface area contributed by atoms with Gasteiger partial charge in [-0.3, -0.25) is 10.2 Å². The fourth-order valence-electron chi connectivity index (χ4n) is 2.51. The smallest absolute Gasteiger partial charge is 0.270 e. The van der Waals surface area contributed by atoms with Gasteiger partial charge in [0.05, 0.1) is 18.7 Å². The van der Waals surface area contributed by atoms with Gasteiger partial charge in [-0.2, -0.15) is 4.99 Å². The average molecular weight is 359 g/mol. The van der Waals surface area contributed by atoms with Crippen LogP contribution in [0.4, 0.5) is 5.69 Å². The van der Waals surface area contributed by atoms with Crippen molar-refractivity contribution in [2.45, 2.75) is 25.4 Å². The highest BCUT2D eigenvalue weighted by Crippen LogP contribution is 2.12. The van der Waals surface area contributed by atoms with E-state index in [4.69, 9.17) is 21.6 Å². The molecule has 0 bridgehead atoms. The Balaban J connectivity index is 2.24. The lowest BCUT2D eigenvalue weighted by molar-refractivity contribution is -0.111. The number of aryl methyl sites for hydroxylation is 1. The number of ether oxygens (including phenoxy) is 1. The van der Waals surface area contributed by atoms with Crippen molar-refractivity contribution in [2.75, 3.05) is 25.6 Å². The number of amidine groups is 1. The number of carbonyl (C=O) groups is 1. The SMILES string of the molecule is CN[C@H]1COCC[C@H]1N=C(N)N=C(Nc1ccc(C)cc1)C(=N)C(N)=O. The second-order valence-corrected chi connectivity index (χ2v) is 6.00. The van der Waals surface area contributed by atoms with E-state index >= 15 is 0 Å². The number of carbonyl (C=O) groups excluding carboxylic acids is 1. The van der Waals surface area contributed by atoms with E-state index < -0.39 is 11.6 Å². The summed E-state index contributed by atoms with van der Waals surface area (Å²) in [6, 6.07) is 7.34. The van der Waals surface area contributed by atoms with Gasteiger partial charge in [0.25, 0.3) is 5.91 Å². The highest BCUT2D eigenvalue weighted by Gasteiger charge is 2.24. The minimum absolute atomic E-state index is 0.0293. The maximum atomic E-state index is 11.4. The zero-order valence-electron chi connectivity index (χ0n) is 15.0. The van der Waals surface area contributed by atoms with Crippen molar-refractivity contribution in [2.24, 2.45) is 21.5 Å². The summed E-state index contributed by atoms with van der Waals surface area (Å²) >= 11 is 0. The normalized spacial score (nSPS) is 21.3. The molecule has 1 fully saturated rings. The van der Waals surface area contributed by atoms with Crippen LogP contribution in [0.15, 0.2) is 34.3 Å². The molecule has 140 valence electrons. The molecular formula is C17H25N7O2. The summed E-state index contributed by atoms with van der Waals surface area (Å²) in [5, 5.41) is 13.9. The van der Waals surface area contributed by atoms with Gasteiger partial charge >= 0.3 is 0 Å². The summed E-state index contributed by atoms with van der Waals surface area (Å²) < 4.78 is 5.41. The van der Waals surface area contributed by atoms with Crippen LogP contribution in [0.1, 0.15) is 12.0 Å². The number of benzene rings is 1. The number of hydrogen-bond donors (Lipinski definition) is 5. The maximum Gasteiger partial charge on any atom is 0.270 e. The quantitative estimate of drug-likeness (QED) is 0.370. The number of nitrogens with zero attached hydrogens (tertiary/aromatic N) is 2. The molecule has 1 aliphatic rings. The number of aliphatic imine (C=N–C) groups is 2. The molecule has 1 heterocycles. The zero-order valence-corrected chi connectivity index (χ0v) is 15.0. The summed E-state index contributed by atoms with van der Waals surface area (Å²) in [6.07, 6.45) is 0.704. The van der Waals surface area contributed by atoms with Crippen molar-refractivity contribution in [1.82, 2.24) is 5.32 Å². The number of guanidine groups is 1. The highest BCUT2D eigenvalue weighted by molar-refractivity contribution is 6.67. The predicted molar refractivity (Wildman–Crippen MR) is 103 cm³/mol. The molecule has 1 aliphatic heterocycles. The van der Waals surface area contributed by atoms with Crippen LogP contribution in [0.2, 0.25) is 0 Å². The Morgan fingerprint density at radius 2 is 2.00 bits per heavy atom. The molecule has 1 saturated heterocycles. The maximum absolute atomic E-state index is 11.4. The fraction of sp³-hybridized carbons (Fsp3) is 0.412. The molecule has 0 spiro atoms. The second-order valence-electron chi connectivity index (χ2n) is 6.00. The van der Waals surface area contributed by atoms with Crippen molar-refractivity contribution in [3.05, 3.63) is 29.8 Å². The Bertz CT molecular complexity index is 712. The van der Waals surface area contributed by atoms with Crippen LogP contribution < -0.4 is 22.1 Å². The van der Waals surface area contributed by atoms with Crippen LogP contribution in [-0.2, 0) is 9.53 Å². The molecule has 1 aromatic carbocycles. The van der Waals surface area contributed by atoms with Gasteiger partial charge in [-0.1, -0.05) is 17.7 Å². The fourth-order valence-corrected chi connectivity index (χ4v) is 2.51. The Morgan fingerprint density at radius 1 is 1.31 bits per heavy atom. The summed E-state index contributed by atoms with van der Waals surface area (Å²) in [5.74, 6) is -0.983. The Hall–Kier alpha value is -2.78. The number of amides is 1. The summed E-state index contributed by atoms with van der Waals surface area (Å²) in [7, 11) is 1.83. The predicted octanol–water partition coefficient (Wildman–Crippen LogP) is 0.00209. The molecule has 2 atom stereocenters. The summed E-state index contributed by atoms with van der Waals surface area (Å²) in [4.78, 5) is 19.9. The number of rotatable bonds is 5. The lowest BCUT2D eigenvalue weighted by Gasteiger charge is -2.28. The van der Waals surface area contributed by atoms with Gasteiger partial charge in [0.1, 0.15) is 0 Å². The van der Waals surface area contributed by atoms with Crippen molar-refractivity contribution in [1.29, 1.82) is 5.41 Å². The molecule has 9 nitrogen and oxygen atoms in total. The van der Waals surface area contributed by atoms with E-state index in [-0.39, 0.29) is 23.9 Å². The van der Waals surface area contributed by atoms with Gasteiger partial charge in [-0.15, -0.1) is 0 Å². The van der Waals surface area contributed by atoms with E-state index in [2.05, 4.69) is 20.6 Å². The molecule has 0 aliphatic carbocycles. The number of hydrogen-bond acceptors (Lipinski definition) is 5. The number of nitrogens with two attached hydrogens (primary N) is 2. The topological polar surface area (TPSA) is 151 Å². The van der Waals surface area contributed by atoms with Crippen LogP contribution in [0.25, 0.3) is 0 Å². The minimum Gasteiger partial charge on any atom is -0.380 e.